The van der Waals surface area contributed by atoms with Gasteiger partial charge in [-0.3, -0.25) is 0 Å². The minimum Gasteiger partial charge on any atom is -0.123 e. The van der Waals surface area contributed by atoms with Crippen molar-refractivity contribution in [1.82, 2.24) is 0 Å². The molecule has 0 saturated carbocycles. The van der Waals surface area contributed by atoms with Crippen LogP contribution in [0.4, 0.5) is 0 Å². The van der Waals surface area contributed by atoms with E-state index >= 15 is 0 Å². The van der Waals surface area contributed by atoms with Gasteiger partial charge in [-0.25, -0.2) is 0 Å². The number of alkyl halides is 1. The van der Waals surface area contributed by atoms with Crippen LogP contribution in [0.25, 0.3) is 5.57 Å². The van der Waals surface area contributed by atoms with Gasteiger partial charge in [0, 0.05) is 5.38 Å². The second-order valence-electron chi connectivity index (χ2n) is 3.47. The van der Waals surface area contributed by atoms with Gasteiger partial charge in [-0.2, -0.15) is 0 Å². The largest absolute Gasteiger partial charge is 0.123 e. The summed E-state index contributed by atoms with van der Waals surface area (Å²) in [5.41, 5.74) is 3.59. The van der Waals surface area contributed by atoms with Crippen molar-refractivity contribution in [3.63, 3.8) is 0 Å². The molecule has 0 nitrogen and oxygen atoms in total. The molecule has 0 saturated heterocycles. The maximum Gasteiger partial charge on any atom is 0.0348 e. The first-order valence-electron chi connectivity index (χ1n) is 4.48. The number of allylic oxidation sites excluding steroid dienone is 1. The quantitative estimate of drug-likeness (QED) is 0.641. The molecule has 1 rings (SSSR count). The van der Waals surface area contributed by atoms with Crippen molar-refractivity contribution in [3.8, 4) is 0 Å². The molecule has 0 amide bonds. The standard InChI is InChI=1S/C12H15Cl/c1-9(2)12-6-4-5-11(8-12)7-10(3)13/h4-6,8,10H,1,7H2,2-3H3. The van der Waals surface area contributed by atoms with E-state index in [9.17, 15) is 0 Å². The van der Waals surface area contributed by atoms with Gasteiger partial charge in [-0.15, -0.1) is 11.6 Å². The van der Waals surface area contributed by atoms with Crippen LogP contribution in [-0.4, -0.2) is 5.38 Å². The summed E-state index contributed by atoms with van der Waals surface area (Å²) in [6.07, 6.45) is 0.919. The van der Waals surface area contributed by atoms with Crippen LogP contribution in [0.5, 0.6) is 0 Å². The fourth-order valence-corrected chi connectivity index (χ4v) is 1.47. The summed E-state index contributed by atoms with van der Waals surface area (Å²) < 4.78 is 0. The topological polar surface area (TPSA) is 0 Å². The van der Waals surface area contributed by atoms with Gasteiger partial charge >= 0.3 is 0 Å². The molecule has 0 heterocycles. The van der Waals surface area contributed by atoms with Gasteiger partial charge in [0.1, 0.15) is 0 Å². The molecule has 0 aliphatic heterocycles. The molecule has 0 radical (unpaired) electrons. The van der Waals surface area contributed by atoms with E-state index in [1.807, 2.05) is 13.8 Å². The number of hydrogen-bond donors (Lipinski definition) is 0. The van der Waals surface area contributed by atoms with E-state index in [1.54, 1.807) is 0 Å². The first kappa shape index (κ1) is 10.3. The van der Waals surface area contributed by atoms with Crippen molar-refractivity contribution < 1.29 is 0 Å². The van der Waals surface area contributed by atoms with Crippen molar-refractivity contribution in [2.75, 3.05) is 0 Å². The number of rotatable bonds is 3. The Morgan fingerprint density at radius 3 is 2.77 bits per heavy atom. The Balaban J connectivity index is 2.85. The Hall–Kier alpha value is -0.750. The number of benzene rings is 1. The van der Waals surface area contributed by atoms with Crippen molar-refractivity contribution in [1.29, 1.82) is 0 Å². The van der Waals surface area contributed by atoms with Gasteiger partial charge < -0.3 is 0 Å². The number of hydrogen-bond acceptors (Lipinski definition) is 0. The lowest BCUT2D eigenvalue weighted by atomic mass is 10.0. The zero-order valence-corrected chi connectivity index (χ0v) is 8.93. The maximum atomic E-state index is 5.92. The second-order valence-corrected chi connectivity index (χ2v) is 4.21. The molecule has 1 aromatic carbocycles. The first-order chi connectivity index (χ1) is 6.09. The third-order valence-corrected chi connectivity index (χ3v) is 2.09. The zero-order valence-electron chi connectivity index (χ0n) is 8.18. The summed E-state index contributed by atoms with van der Waals surface area (Å²) in [5.74, 6) is 0. The summed E-state index contributed by atoms with van der Waals surface area (Å²) in [5, 5.41) is 0.195. The van der Waals surface area contributed by atoms with Crippen LogP contribution in [0, 0.1) is 0 Å². The molecule has 70 valence electrons. The molecular formula is C12H15Cl. The second kappa shape index (κ2) is 4.48. The number of halogens is 1. The molecule has 0 N–H and O–H groups in total. The normalized spacial score (nSPS) is 12.5. The van der Waals surface area contributed by atoms with Crippen LogP contribution < -0.4 is 0 Å². The molecule has 0 aliphatic rings. The highest BCUT2D eigenvalue weighted by Crippen LogP contribution is 2.15. The molecule has 13 heavy (non-hydrogen) atoms. The van der Waals surface area contributed by atoms with Crippen LogP contribution in [0.1, 0.15) is 25.0 Å². The lowest BCUT2D eigenvalue weighted by Crippen LogP contribution is -1.97. The zero-order chi connectivity index (χ0) is 9.84. The van der Waals surface area contributed by atoms with Crippen LogP contribution in [0.3, 0.4) is 0 Å². The fourth-order valence-electron chi connectivity index (χ4n) is 1.29. The molecule has 1 atom stereocenters. The summed E-state index contributed by atoms with van der Waals surface area (Å²) in [7, 11) is 0. The maximum absolute atomic E-state index is 5.92. The Morgan fingerprint density at radius 1 is 1.54 bits per heavy atom. The molecular weight excluding hydrogens is 180 g/mol. The fraction of sp³-hybridized carbons (Fsp3) is 0.333. The Labute approximate surface area is 85.2 Å². The van der Waals surface area contributed by atoms with E-state index in [0.29, 0.717) is 0 Å². The average Bonchev–Trinajstić information content (AvgIpc) is 2.03. The smallest absolute Gasteiger partial charge is 0.0348 e. The van der Waals surface area contributed by atoms with Gasteiger partial charge in [0.2, 0.25) is 0 Å². The van der Waals surface area contributed by atoms with Gasteiger partial charge in [-0.05, 0) is 31.4 Å². The SMILES string of the molecule is C=C(C)c1cccc(CC(C)Cl)c1. The molecule has 0 aliphatic carbocycles. The predicted octanol–water partition coefficient (Wildman–Crippen LogP) is 3.89. The molecule has 0 bridgehead atoms. The van der Waals surface area contributed by atoms with Crippen LogP contribution in [0.2, 0.25) is 0 Å². The van der Waals surface area contributed by atoms with E-state index in [2.05, 4.69) is 30.8 Å². The van der Waals surface area contributed by atoms with Gasteiger partial charge in [0.25, 0.3) is 0 Å². The van der Waals surface area contributed by atoms with Crippen molar-refractivity contribution in [2.45, 2.75) is 25.6 Å². The van der Waals surface area contributed by atoms with E-state index < -0.39 is 0 Å². The summed E-state index contributed by atoms with van der Waals surface area (Å²) in [6.45, 7) is 7.94. The molecule has 0 aromatic heterocycles. The Morgan fingerprint density at radius 2 is 2.23 bits per heavy atom. The van der Waals surface area contributed by atoms with Gasteiger partial charge in [0.15, 0.2) is 0 Å². The van der Waals surface area contributed by atoms with Gasteiger partial charge in [-0.1, -0.05) is 36.4 Å². The van der Waals surface area contributed by atoms with E-state index in [0.717, 1.165) is 12.0 Å². The lowest BCUT2D eigenvalue weighted by Gasteiger charge is -2.05. The summed E-state index contributed by atoms with van der Waals surface area (Å²) in [4.78, 5) is 0. The van der Waals surface area contributed by atoms with Crippen LogP contribution >= 0.6 is 11.6 Å². The Bertz CT molecular complexity index is 300. The molecule has 0 fully saturated rings. The lowest BCUT2D eigenvalue weighted by molar-refractivity contribution is 0.931. The third-order valence-electron chi connectivity index (χ3n) is 1.94. The van der Waals surface area contributed by atoms with Crippen LogP contribution in [-0.2, 0) is 6.42 Å². The van der Waals surface area contributed by atoms with Gasteiger partial charge in [0.05, 0.1) is 0 Å². The summed E-state index contributed by atoms with van der Waals surface area (Å²) in [6, 6.07) is 8.38. The van der Waals surface area contributed by atoms with E-state index in [-0.39, 0.29) is 5.38 Å². The van der Waals surface area contributed by atoms with E-state index in [1.165, 1.54) is 11.1 Å². The Kier molecular flexibility index (Phi) is 3.56. The van der Waals surface area contributed by atoms with Crippen LogP contribution in [0.15, 0.2) is 30.8 Å². The van der Waals surface area contributed by atoms with Crippen molar-refractivity contribution >= 4 is 17.2 Å². The molecule has 1 aromatic rings. The highest BCUT2D eigenvalue weighted by molar-refractivity contribution is 6.20. The first-order valence-corrected chi connectivity index (χ1v) is 4.92. The molecule has 0 spiro atoms. The average molecular weight is 195 g/mol. The predicted molar refractivity (Wildman–Crippen MR) is 60.2 cm³/mol. The third kappa shape index (κ3) is 3.23. The summed E-state index contributed by atoms with van der Waals surface area (Å²) >= 11 is 5.92. The molecule has 1 unspecified atom stereocenters. The van der Waals surface area contributed by atoms with Crippen molar-refractivity contribution in [2.24, 2.45) is 0 Å². The molecule has 1 heteroatoms. The highest BCUT2D eigenvalue weighted by Gasteiger charge is 2.00. The minimum atomic E-state index is 0.195. The minimum absolute atomic E-state index is 0.195. The monoisotopic (exact) mass is 194 g/mol. The van der Waals surface area contributed by atoms with E-state index in [4.69, 9.17) is 11.6 Å². The highest BCUT2D eigenvalue weighted by atomic mass is 35.5. The van der Waals surface area contributed by atoms with Crippen molar-refractivity contribution in [3.05, 3.63) is 42.0 Å².